The summed E-state index contributed by atoms with van der Waals surface area (Å²) >= 11 is 2.02. The van der Waals surface area contributed by atoms with Crippen molar-refractivity contribution in [2.75, 3.05) is 31.1 Å². The molecule has 2 heterocycles. The highest BCUT2D eigenvalue weighted by Crippen LogP contribution is 2.27. The van der Waals surface area contributed by atoms with Gasteiger partial charge in [-0.25, -0.2) is 4.39 Å². The summed E-state index contributed by atoms with van der Waals surface area (Å²) in [5.41, 5.74) is 5.65. The predicted molar refractivity (Wildman–Crippen MR) is 59.4 cm³/mol. The van der Waals surface area contributed by atoms with Crippen LogP contribution in [0.3, 0.4) is 0 Å². The van der Waals surface area contributed by atoms with Crippen molar-refractivity contribution in [2.45, 2.75) is 25.1 Å². The fraction of sp³-hybridized carbons (Fsp3) is 1.00. The van der Waals surface area contributed by atoms with Crippen LogP contribution in [0.2, 0.25) is 0 Å². The number of alkyl halides is 1. The number of hydrogen-bond acceptors (Lipinski definition) is 3. The Morgan fingerprint density at radius 3 is 3.00 bits per heavy atom. The first-order chi connectivity index (χ1) is 6.79. The van der Waals surface area contributed by atoms with Crippen LogP contribution in [0.15, 0.2) is 0 Å². The molecule has 3 atom stereocenters. The van der Waals surface area contributed by atoms with E-state index in [0.717, 1.165) is 12.5 Å². The smallest absolute Gasteiger partial charge is 0.114 e. The van der Waals surface area contributed by atoms with Gasteiger partial charge >= 0.3 is 0 Å². The lowest BCUT2D eigenvalue weighted by molar-refractivity contribution is 0.217. The maximum Gasteiger partial charge on any atom is 0.114 e. The molecular formula is C10H19FN2S. The zero-order valence-electron chi connectivity index (χ0n) is 8.49. The molecule has 14 heavy (non-hydrogen) atoms. The SMILES string of the molecule is NC[C@@H]1C[C@H](F)CN1CC1CCSC1. The van der Waals surface area contributed by atoms with Crippen LogP contribution in [0.5, 0.6) is 0 Å². The molecule has 0 aromatic heterocycles. The summed E-state index contributed by atoms with van der Waals surface area (Å²) in [6, 6.07) is 0.301. The molecule has 2 nitrogen and oxygen atoms in total. The molecule has 0 saturated carbocycles. The van der Waals surface area contributed by atoms with Crippen molar-refractivity contribution in [1.82, 2.24) is 4.90 Å². The van der Waals surface area contributed by atoms with Crippen molar-refractivity contribution >= 4 is 11.8 Å². The topological polar surface area (TPSA) is 29.3 Å². The third-order valence-corrected chi connectivity index (χ3v) is 4.50. The van der Waals surface area contributed by atoms with Gasteiger partial charge in [0.2, 0.25) is 0 Å². The van der Waals surface area contributed by atoms with Crippen molar-refractivity contribution in [3.8, 4) is 0 Å². The molecule has 0 aliphatic carbocycles. The van der Waals surface area contributed by atoms with Gasteiger partial charge in [0.1, 0.15) is 6.17 Å². The number of rotatable bonds is 3. The average molecular weight is 218 g/mol. The zero-order valence-corrected chi connectivity index (χ0v) is 9.31. The van der Waals surface area contributed by atoms with E-state index in [4.69, 9.17) is 5.73 Å². The lowest BCUT2D eigenvalue weighted by Crippen LogP contribution is -2.38. The fourth-order valence-corrected chi connectivity index (χ4v) is 3.72. The molecule has 2 rings (SSSR count). The van der Waals surface area contributed by atoms with E-state index in [1.54, 1.807) is 0 Å². The van der Waals surface area contributed by atoms with Crippen molar-refractivity contribution < 1.29 is 4.39 Å². The van der Waals surface area contributed by atoms with Gasteiger partial charge in [0, 0.05) is 25.7 Å². The predicted octanol–water partition coefficient (Wildman–Crippen LogP) is 1.11. The van der Waals surface area contributed by atoms with Crippen molar-refractivity contribution in [2.24, 2.45) is 11.7 Å². The van der Waals surface area contributed by atoms with E-state index in [0.29, 0.717) is 25.6 Å². The van der Waals surface area contributed by atoms with Gasteiger partial charge in [-0.1, -0.05) is 0 Å². The normalized spacial score (nSPS) is 39.4. The second-order valence-electron chi connectivity index (χ2n) is 4.41. The molecular weight excluding hydrogens is 199 g/mol. The minimum atomic E-state index is -0.641. The highest BCUT2D eigenvalue weighted by atomic mass is 32.2. The summed E-state index contributed by atoms with van der Waals surface area (Å²) in [4.78, 5) is 2.27. The molecule has 1 unspecified atom stereocenters. The van der Waals surface area contributed by atoms with Crippen LogP contribution in [0.25, 0.3) is 0 Å². The Morgan fingerprint density at radius 1 is 1.50 bits per heavy atom. The Morgan fingerprint density at radius 2 is 2.36 bits per heavy atom. The quantitative estimate of drug-likeness (QED) is 0.769. The van der Waals surface area contributed by atoms with Crippen molar-refractivity contribution in [3.63, 3.8) is 0 Å². The van der Waals surface area contributed by atoms with Crippen LogP contribution >= 0.6 is 11.8 Å². The van der Waals surface area contributed by atoms with E-state index in [9.17, 15) is 4.39 Å². The van der Waals surface area contributed by atoms with Crippen LogP contribution in [-0.4, -0.2) is 48.3 Å². The molecule has 0 spiro atoms. The molecule has 0 amide bonds. The lowest BCUT2D eigenvalue weighted by Gasteiger charge is -2.25. The van der Waals surface area contributed by atoms with Gasteiger partial charge in [-0.15, -0.1) is 0 Å². The molecule has 0 aromatic rings. The van der Waals surface area contributed by atoms with Gasteiger partial charge in [0.15, 0.2) is 0 Å². The first kappa shape index (κ1) is 10.7. The number of likely N-dealkylation sites (tertiary alicyclic amines) is 1. The van der Waals surface area contributed by atoms with E-state index in [1.165, 1.54) is 17.9 Å². The van der Waals surface area contributed by atoms with E-state index < -0.39 is 6.17 Å². The molecule has 2 aliphatic heterocycles. The molecule has 82 valence electrons. The Hall–Kier alpha value is 0.200. The highest BCUT2D eigenvalue weighted by molar-refractivity contribution is 7.99. The van der Waals surface area contributed by atoms with Gasteiger partial charge in [0.05, 0.1) is 0 Å². The van der Waals surface area contributed by atoms with Crippen molar-refractivity contribution in [3.05, 3.63) is 0 Å². The summed E-state index contributed by atoms with van der Waals surface area (Å²) in [5.74, 6) is 3.31. The second kappa shape index (κ2) is 4.81. The maximum atomic E-state index is 13.2. The average Bonchev–Trinajstić information content (AvgIpc) is 2.76. The summed E-state index contributed by atoms with van der Waals surface area (Å²) in [5, 5.41) is 0. The van der Waals surface area contributed by atoms with Gasteiger partial charge in [-0.2, -0.15) is 11.8 Å². The van der Waals surface area contributed by atoms with Crippen LogP contribution in [-0.2, 0) is 0 Å². The van der Waals surface area contributed by atoms with Crippen LogP contribution in [0, 0.1) is 5.92 Å². The molecule has 2 N–H and O–H groups in total. The third kappa shape index (κ3) is 2.41. The van der Waals surface area contributed by atoms with E-state index in [1.807, 2.05) is 11.8 Å². The summed E-state index contributed by atoms with van der Waals surface area (Å²) in [7, 11) is 0. The van der Waals surface area contributed by atoms with Gasteiger partial charge in [-0.05, 0) is 30.3 Å². The molecule has 2 saturated heterocycles. The minimum Gasteiger partial charge on any atom is -0.329 e. The van der Waals surface area contributed by atoms with Gasteiger partial charge in [0.25, 0.3) is 0 Å². The number of nitrogens with two attached hydrogens (primary N) is 1. The molecule has 0 bridgehead atoms. The largest absolute Gasteiger partial charge is 0.329 e. The second-order valence-corrected chi connectivity index (χ2v) is 5.56. The molecule has 0 radical (unpaired) electrons. The van der Waals surface area contributed by atoms with E-state index >= 15 is 0 Å². The Labute approximate surface area is 89.4 Å². The Bertz CT molecular complexity index is 185. The minimum absolute atomic E-state index is 0.301. The summed E-state index contributed by atoms with van der Waals surface area (Å²) in [6.07, 6.45) is 1.31. The fourth-order valence-electron chi connectivity index (χ4n) is 2.45. The van der Waals surface area contributed by atoms with Crippen LogP contribution in [0.1, 0.15) is 12.8 Å². The monoisotopic (exact) mass is 218 g/mol. The third-order valence-electron chi connectivity index (χ3n) is 3.27. The first-order valence-electron chi connectivity index (χ1n) is 5.45. The maximum absolute atomic E-state index is 13.2. The number of nitrogens with zero attached hydrogens (tertiary/aromatic N) is 1. The molecule has 2 aliphatic rings. The standard InChI is InChI=1S/C10H19FN2S/c11-9-3-10(4-12)13(6-9)5-8-1-2-14-7-8/h8-10H,1-7,12H2/t8?,9-,10-/m0/s1. The summed E-state index contributed by atoms with van der Waals surface area (Å²) in [6.45, 7) is 2.29. The summed E-state index contributed by atoms with van der Waals surface area (Å²) < 4.78 is 13.2. The van der Waals surface area contributed by atoms with Gasteiger partial charge < -0.3 is 5.73 Å². The number of hydrogen-bond donors (Lipinski definition) is 1. The Balaban J connectivity index is 1.83. The highest BCUT2D eigenvalue weighted by Gasteiger charge is 2.32. The zero-order chi connectivity index (χ0) is 9.97. The lowest BCUT2D eigenvalue weighted by atomic mass is 10.1. The van der Waals surface area contributed by atoms with Crippen molar-refractivity contribution in [1.29, 1.82) is 0 Å². The van der Waals surface area contributed by atoms with E-state index in [2.05, 4.69) is 4.90 Å². The number of halogens is 1. The molecule has 4 heteroatoms. The van der Waals surface area contributed by atoms with Crippen LogP contribution in [0.4, 0.5) is 4.39 Å². The van der Waals surface area contributed by atoms with Crippen LogP contribution < -0.4 is 5.73 Å². The van der Waals surface area contributed by atoms with Gasteiger partial charge in [-0.3, -0.25) is 4.90 Å². The number of thioether (sulfide) groups is 1. The first-order valence-corrected chi connectivity index (χ1v) is 6.61. The van der Waals surface area contributed by atoms with E-state index in [-0.39, 0.29) is 0 Å². The molecule has 0 aromatic carbocycles. The Kier molecular flexibility index (Phi) is 3.68. The molecule has 2 fully saturated rings.